The molecule has 0 aliphatic carbocycles. The molecule has 0 saturated carbocycles. The zero-order chi connectivity index (χ0) is 20.5. The van der Waals surface area contributed by atoms with Crippen molar-refractivity contribution < 1.29 is 4.52 Å². The van der Waals surface area contributed by atoms with Gasteiger partial charge in [0.2, 0.25) is 11.7 Å². The third kappa shape index (κ3) is 3.44. The Bertz CT molecular complexity index is 1360. The smallest absolute Gasteiger partial charge is 0.271 e. The van der Waals surface area contributed by atoms with Crippen LogP contribution >= 0.6 is 23.1 Å². The van der Waals surface area contributed by atoms with Crippen molar-refractivity contribution in [3.63, 3.8) is 0 Å². The van der Waals surface area contributed by atoms with Gasteiger partial charge in [-0.1, -0.05) is 77.6 Å². The number of aromatic nitrogens is 4. The van der Waals surface area contributed by atoms with E-state index < -0.39 is 0 Å². The van der Waals surface area contributed by atoms with Gasteiger partial charge >= 0.3 is 0 Å². The molecule has 0 amide bonds. The van der Waals surface area contributed by atoms with Crippen LogP contribution in [0, 0.1) is 0 Å². The summed E-state index contributed by atoms with van der Waals surface area (Å²) in [5.41, 5.74) is 2.52. The Morgan fingerprint density at radius 2 is 1.73 bits per heavy atom. The lowest BCUT2D eigenvalue weighted by molar-refractivity contribution is 0.384. The predicted octanol–water partition coefficient (Wildman–Crippen LogP) is 4.93. The molecule has 30 heavy (non-hydrogen) atoms. The minimum absolute atomic E-state index is 0.0557. The second-order valence-corrected chi connectivity index (χ2v) is 8.61. The molecule has 0 saturated heterocycles. The second kappa shape index (κ2) is 7.89. The van der Waals surface area contributed by atoms with E-state index in [4.69, 9.17) is 9.51 Å². The van der Waals surface area contributed by atoms with Crippen LogP contribution in [0.5, 0.6) is 0 Å². The Balaban J connectivity index is 1.58. The molecule has 1 atom stereocenters. The van der Waals surface area contributed by atoms with Crippen LogP contribution in [-0.2, 0) is 7.05 Å². The van der Waals surface area contributed by atoms with Gasteiger partial charge < -0.3 is 4.52 Å². The molecule has 0 radical (unpaired) electrons. The van der Waals surface area contributed by atoms with Crippen molar-refractivity contribution in [1.82, 2.24) is 19.7 Å². The fourth-order valence-electron chi connectivity index (χ4n) is 3.11. The van der Waals surface area contributed by atoms with E-state index >= 15 is 0 Å². The van der Waals surface area contributed by atoms with Gasteiger partial charge in [-0.3, -0.25) is 9.36 Å². The van der Waals surface area contributed by atoms with Gasteiger partial charge in [-0.25, -0.2) is 4.98 Å². The summed E-state index contributed by atoms with van der Waals surface area (Å²) in [7, 11) is 1.74. The number of hydrogen-bond donors (Lipinski definition) is 0. The van der Waals surface area contributed by atoms with E-state index in [-0.39, 0.29) is 10.8 Å². The highest BCUT2D eigenvalue weighted by atomic mass is 32.2. The van der Waals surface area contributed by atoms with Crippen molar-refractivity contribution >= 4 is 33.3 Å². The monoisotopic (exact) mass is 432 g/mol. The number of nitrogens with zero attached hydrogens (tertiary/aromatic N) is 4. The number of fused-ring (bicyclic) bond motifs is 1. The van der Waals surface area contributed by atoms with Crippen molar-refractivity contribution in [2.75, 3.05) is 0 Å². The summed E-state index contributed by atoms with van der Waals surface area (Å²) in [6.07, 6.45) is 0. The molecule has 2 aromatic carbocycles. The molecule has 0 spiro atoms. The van der Waals surface area contributed by atoms with Crippen LogP contribution in [-0.4, -0.2) is 19.7 Å². The molecule has 3 aromatic heterocycles. The molecule has 5 rings (SSSR count). The number of thiophene rings is 1. The molecule has 5 aromatic rings. The molecule has 0 aliphatic heterocycles. The highest BCUT2D eigenvalue weighted by Crippen LogP contribution is 2.39. The van der Waals surface area contributed by atoms with Crippen LogP contribution in [0.25, 0.3) is 21.6 Å². The summed E-state index contributed by atoms with van der Waals surface area (Å²) in [5.74, 6) is 0.993. The molecule has 0 bridgehead atoms. The van der Waals surface area contributed by atoms with Gasteiger partial charge in [-0.2, -0.15) is 4.98 Å². The SMILES string of the molecule is Cn1c(S[C@@H](c2ccccc2)c2nc(-c3ccccc3)no2)nc2ccsc2c1=O. The average Bonchev–Trinajstić information content (AvgIpc) is 3.46. The summed E-state index contributed by atoms with van der Waals surface area (Å²) in [5, 5.41) is 6.35. The number of benzene rings is 2. The Morgan fingerprint density at radius 1 is 1.00 bits per heavy atom. The molecule has 0 unspecified atom stereocenters. The van der Waals surface area contributed by atoms with Crippen molar-refractivity contribution in [2.24, 2.45) is 7.05 Å². The number of hydrogen-bond acceptors (Lipinski definition) is 7. The fourth-order valence-corrected chi connectivity index (χ4v) is 5.01. The lowest BCUT2D eigenvalue weighted by atomic mass is 10.1. The minimum Gasteiger partial charge on any atom is -0.337 e. The van der Waals surface area contributed by atoms with E-state index in [1.54, 1.807) is 11.6 Å². The fraction of sp³-hybridized carbons (Fsp3) is 0.0909. The molecule has 0 fully saturated rings. The Hall–Kier alpha value is -3.23. The summed E-state index contributed by atoms with van der Waals surface area (Å²) in [4.78, 5) is 22.1. The van der Waals surface area contributed by atoms with E-state index in [1.165, 1.54) is 23.1 Å². The standard InChI is InChI=1S/C22H16N4O2S2/c1-26-21(27)18-16(12-13-29-18)23-22(26)30-17(14-8-4-2-5-9-14)20-24-19(25-28-20)15-10-6-3-7-11-15/h2-13,17H,1H3/t17-/m0/s1. The normalized spacial score (nSPS) is 12.3. The van der Waals surface area contributed by atoms with E-state index in [2.05, 4.69) is 10.1 Å². The minimum atomic E-state index is -0.301. The molecule has 0 N–H and O–H groups in total. The second-order valence-electron chi connectivity index (χ2n) is 6.62. The first-order valence-electron chi connectivity index (χ1n) is 9.25. The van der Waals surface area contributed by atoms with Gasteiger partial charge in [0, 0.05) is 12.6 Å². The average molecular weight is 433 g/mol. The Morgan fingerprint density at radius 3 is 2.50 bits per heavy atom. The molecule has 3 heterocycles. The van der Waals surface area contributed by atoms with Crippen LogP contribution < -0.4 is 5.56 Å². The number of rotatable bonds is 5. The molecule has 8 heteroatoms. The largest absolute Gasteiger partial charge is 0.337 e. The van der Waals surface area contributed by atoms with Crippen molar-refractivity contribution in [1.29, 1.82) is 0 Å². The highest BCUT2D eigenvalue weighted by Gasteiger charge is 2.25. The first-order chi connectivity index (χ1) is 14.7. The van der Waals surface area contributed by atoms with E-state index in [9.17, 15) is 4.79 Å². The summed E-state index contributed by atoms with van der Waals surface area (Å²) in [6, 6.07) is 21.5. The van der Waals surface area contributed by atoms with E-state index in [1.807, 2.05) is 72.1 Å². The van der Waals surface area contributed by atoms with Gasteiger partial charge in [-0.15, -0.1) is 11.3 Å². The van der Waals surface area contributed by atoms with Gasteiger partial charge in [-0.05, 0) is 17.0 Å². The summed E-state index contributed by atoms with van der Waals surface area (Å²) >= 11 is 2.83. The summed E-state index contributed by atoms with van der Waals surface area (Å²) in [6.45, 7) is 0. The number of thioether (sulfide) groups is 1. The van der Waals surface area contributed by atoms with Gasteiger partial charge in [0.25, 0.3) is 5.56 Å². The Labute approximate surface area is 180 Å². The highest BCUT2D eigenvalue weighted by molar-refractivity contribution is 7.99. The van der Waals surface area contributed by atoms with Crippen LogP contribution in [0.15, 0.2) is 86.6 Å². The van der Waals surface area contributed by atoms with Crippen LogP contribution in [0.2, 0.25) is 0 Å². The molecule has 148 valence electrons. The van der Waals surface area contributed by atoms with Crippen LogP contribution in [0.4, 0.5) is 0 Å². The van der Waals surface area contributed by atoms with E-state index in [0.29, 0.717) is 27.1 Å². The predicted molar refractivity (Wildman–Crippen MR) is 119 cm³/mol. The molecular formula is C22H16N4O2S2. The van der Waals surface area contributed by atoms with Crippen molar-refractivity contribution in [3.05, 3.63) is 93.9 Å². The molecular weight excluding hydrogens is 416 g/mol. The zero-order valence-corrected chi connectivity index (χ0v) is 17.6. The molecule has 0 aliphatic rings. The maximum atomic E-state index is 12.7. The summed E-state index contributed by atoms with van der Waals surface area (Å²) < 4.78 is 7.89. The van der Waals surface area contributed by atoms with Gasteiger partial charge in [0.1, 0.15) is 9.95 Å². The lowest BCUT2D eigenvalue weighted by Gasteiger charge is -2.14. The van der Waals surface area contributed by atoms with Crippen molar-refractivity contribution in [2.45, 2.75) is 10.4 Å². The third-order valence-electron chi connectivity index (χ3n) is 4.67. The Kier molecular flexibility index (Phi) is 4.94. The lowest BCUT2D eigenvalue weighted by Crippen LogP contribution is -2.19. The van der Waals surface area contributed by atoms with Gasteiger partial charge in [0.05, 0.1) is 5.52 Å². The third-order valence-corrected chi connectivity index (χ3v) is 6.85. The zero-order valence-electron chi connectivity index (χ0n) is 15.9. The first-order valence-corrected chi connectivity index (χ1v) is 11.0. The maximum Gasteiger partial charge on any atom is 0.271 e. The maximum absolute atomic E-state index is 12.7. The van der Waals surface area contributed by atoms with Crippen LogP contribution in [0.3, 0.4) is 0 Å². The first kappa shape index (κ1) is 18.8. The topological polar surface area (TPSA) is 73.8 Å². The molecule has 6 nitrogen and oxygen atoms in total. The van der Waals surface area contributed by atoms with Crippen LogP contribution in [0.1, 0.15) is 16.7 Å². The van der Waals surface area contributed by atoms with Crippen molar-refractivity contribution in [3.8, 4) is 11.4 Å². The quantitative estimate of drug-likeness (QED) is 0.290. The van der Waals surface area contributed by atoms with E-state index in [0.717, 1.165) is 11.1 Å². The van der Waals surface area contributed by atoms with Gasteiger partial charge in [0.15, 0.2) is 5.16 Å².